The minimum atomic E-state index is -0.248. The van der Waals surface area contributed by atoms with Crippen molar-refractivity contribution in [2.75, 3.05) is 11.4 Å². The molecule has 92 valence electrons. The second kappa shape index (κ2) is 4.34. The van der Waals surface area contributed by atoms with Gasteiger partial charge in [0, 0.05) is 24.2 Å². The maximum absolute atomic E-state index is 9.93. The highest BCUT2D eigenvalue weighted by molar-refractivity contribution is 5.61. The van der Waals surface area contributed by atoms with Crippen molar-refractivity contribution in [2.24, 2.45) is 0 Å². The Bertz CT molecular complexity index is 396. The van der Waals surface area contributed by atoms with Crippen LogP contribution in [0.5, 0.6) is 0 Å². The lowest BCUT2D eigenvalue weighted by Gasteiger charge is -2.27. The van der Waals surface area contributed by atoms with E-state index in [2.05, 4.69) is 29.2 Å². The number of hydrogen-bond acceptors (Lipinski definition) is 2. The Balaban J connectivity index is 1.93. The lowest BCUT2D eigenvalue weighted by Crippen LogP contribution is -2.33. The number of aliphatic hydroxyl groups is 1. The molecule has 0 spiro atoms. The number of rotatable bonds is 2. The number of para-hydroxylation sites is 1. The standard InChI is InChI=1S/C15H21NO/c1-11(17)14-10-16(12-6-2-3-7-12)15-9-5-4-8-13(14)15/h4-5,8-9,11-12,14,17H,2-3,6-7,10H2,1H3. The van der Waals surface area contributed by atoms with Crippen molar-refractivity contribution in [3.8, 4) is 0 Å². The molecule has 1 aliphatic carbocycles. The van der Waals surface area contributed by atoms with Gasteiger partial charge in [0.25, 0.3) is 0 Å². The molecule has 0 aromatic heterocycles. The highest BCUT2D eigenvalue weighted by Gasteiger charge is 2.35. The minimum Gasteiger partial charge on any atom is -0.393 e. The third-order valence-corrected chi connectivity index (χ3v) is 4.39. The molecule has 1 N–H and O–H groups in total. The van der Waals surface area contributed by atoms with Crippen LogP contribution in [0.4, 0.5) is 5.69 Å². The zero-order valence-corrected chi connectivity index (χ0v) is 10.5. The maximum Gasteiger partial charge on any atom is 0.0598 e. The largest absolute Gasteiger partial charge is 0.393 e. The predicted molar refractivity (Wildman–Crippen MR) is 70.5 cm³/mol. The van der Waals surface area contributed by atoms with Crippen molar-refractivity contribution < 1.29 is 5.11 Å². The molecule has 1 aliphatic heterocycles. The van der Waals surface area contributed by atoms with Gasteiger partial charge < -0.3 is 10.0 Å². The summed E-state index contributed by atoms with van der Waals surface area (Å²) in [5.74, 6) is 0.298. The average Bonchev–Trinajstić information content (AvgIpc) is 2.95. The summed E-state index contributed by atoms with van der Waals surface area (Å²) in [4.78, 5) is 2.54. The third-order valence-electron chi connectivity index (χ3n) is 4.39. The van der Waals surface area contributed by atoms with Gasteiger partial charge in [0.05, 0.1) is 6.10 Å². The van der Waals surface area contributed by atoms with E-state index < -0.39 is 0 Å². The first kappa shape index (κ1) is 11.1. The summed E-state index contributed by atoms with van der Waals surface area (Å²) in [6.07, 6.45) is 5.12. The van der Waals surface area contributed by atoms with E-state index in [1.54, 1.807) is 0 Å². The monoisotopic (exact) mass is 231 g/mol. The van der Waals surface area contributed by atoms with Crippen molar-refractivity contribution in [1.82, 2.24) is 0 Å². The molecular weight excluding hydrogens is 210 g/mol. The lowest BCUT2D eigenvalue weighted by molar-refractivity contribution is 0.166. The van der Waals surface area contributed by atoms with E-state index in [-0.39, 0.29) is 6.10 Å². The van der Waals surface area contributed by atoms with Crippen LogP contribution in [0.3, 0.4) is 0 Å². The fourth-order valence-corrected chi connectivity index (χ4v) is 3.45. The highest BCUT2D eigenvalue weighted by Crippen LogP contribution is 2.41. The first-order chi connectivity index (χ1) is 8.27. The van der Waals surface area contributed by atoms with Crippen LogP contribution < -0.4 is 4.90 Å². The Labute approximate surface area is 103 Å². The van der Waals surface area contributed by atoms with Gasteiger partial charge in [-0.25, -0.2) is 0 Å². The van der Waals surface area contributed by atoms with Crippen LogP contribution in [0, 0.1) is 0 Å². The molecule has 2 nitrogen and oxygen atoms in total. The SMILES string of the molecule is CC(O)C1CN(C2CCCC2)c2ccccc21. The molecule has 2 heteroatoms. The first-order valence-electron chi connectivity index (χ1n) is 6.81. The van der Waals surface area contributed by atoms with Gasteiger partial charge in [-0.05, 0) is 31.4 Å². The Morgan fingerprint density at radius 3 is 2.65 bits per heavy atom. The molecule has 1 heterocycles. The van der Waals surface area contributed by atoms with Crippen molar-refractivity contribution in [2.45, 2.75) is 50.7 Å². The second-order valence-corrected chi connectivity index (χ2v) is 5.50. The van der Waals surface area contributed by atoms with E-state index in [0.29, 0.717) is 12.0 Å². The Hall–Kier alpha value is -1.02. The van der Waals surface area contributed by atoms with Gasteiger partial charge in [0.2, 0.25) is 0 Å². The molecule has 17 heavy (non-hydrogen) atoms. The normalized spacial score (nSPS) is 26.2. The smallest absolute Gasteiger partial charge is 0.0598 e. The van der Waals surface area contributed by atoms with Gasteiger partial charge in [-0.3, -0.25) is 0 Å². The number of anilines is 1. The van der Waals surface area contributed by atoms with Crippen LogP contribution in [0.15, 0.2) is 24.3 Å². The quantitative estimate of drug-likeness (QED) is 0.846. The van der Waals surface area contributed by atoms with Crippen molar-refractivity contribution in [1.29, 1.82) is 0 Å². The van der Waals surface area contributed by atoms with Crippen molar-refractivity contribution >= 4 is 5.69 Å². The summed E-state index contributed by atoms with van der Waals surface area (Å²) in [6.45, 7) is 2.92. The zero-order chi connectivity index (χ0) is 11.8. The van der Waals surface area contributed by atoms with E-state index in [1.807, 2.05) is 6.92 Å². The van der Waals surface area contributed by atoms with Crippen LogP contribution in [0.2, 0.25) is 0 Å². The van der Waals surface area contributed by atoms with Gasteiger partial charge >= 0.3 is 0 Å². The van der Waals surface area contributed by atoms with E-state index in [0.717, 1.165) is 6.54 Å². The van der Waals surface area contributed by atoms with Crippen LogP contribution in [0.25, 0.3) is 0 Å². The third kappa shape index (κ3) is 1.85. The number of aliphatic hydroxyl groups excluding tert-OH is 1. The summed E-state index contributed by atoms with van der Waals surface area (Å²) < 4.78 is 0. The molecule has 2 aliphatic rings. The molecule has 0 bridgehead atoms. The van der Waals surface area contributed by atoms with E-state index in [4.69, 9.17) is 0 Å². The summed E-state index contributed by atoms with van der Waals surface area (Å²) in [5, 5.41) is 9.93. The molecule has 0 amide bonds. The fraction of sp³-hybridized carbons (Fsp3) is 0.600. The molecule has 2 atom stereocenters. The molecule has 0 saturated heterocycles. The van der Waals surface area contributed by atoms with Crippen molar-refractivity contribution in [3.63, 3.8) is 0 Å². The van der Waals surface area contributed by atoms with E-state index >= 15 is 0 Å². The van der Waals surface area contributed by atoms with Gasteiger partial charge in [0.1, 0.15) is 0 Å². The van der Waals surface area contributed by atoms with Crippen LogP contribution in [-0.4, -0.2) is 23.8 Å². The molecular formula is C15H21NO. The van der Waals surface area contributed by atoms with Crippen LogP contribution >= 0.6 is 0 Å². The van der Waals surface area contributed by atoms with Gasteiger partial charge in [-0.15, -0.1) is 0 Å². The number of hydrogen-bond donors (Lipinski definition) is 1. The molecule has 3 rings (SSSR count). The highest BCUT2D eigenvalue weighted by atomic mass is 16.3. The molecule has 1 fully saturated rings. The fourth-order valence-electron chi connectivity index (χ4n) is 3.45. The maximum atomic E-state index is 9.93. The topological polar surface area (TPSA) is 23.5 Å². The second-order valence-electron chi connectivity index (χ2n) is 5.50. The number of benzene rings is 1. The van der Waals surface area contributed by atoms with Gasteiger partial charge in [-0.2, -0.15) is 0 Å². The number of nitrogens with zero attached hydrogens (tertiary/aromatic N) is 1. The molecule has 2 unspecified atom stereocenters. The summed E-state index contributed by atoms with van der Waals surface area (Å²) in [7, 11) is 0. The zero-order valence-electron chi connectivity index (χ0n) is 10.5. The van der Waals surface area contributed by atoms with Crippen LogP contribution in [0.1, 0.15) is 44.1 Å². The number of fused-ring (bicyclic) bond motifs is 1. The van der Waals surface area contributed by atoms with Crippen LogP contribution in [-0.2, 0) is 0 Å². The summed E-state index contributed by atoms with van der Waals surface area (Å²) >= 11 is 0. The van der Waals surface area contributed by atoms with Crippen molar-refractivity contribution in [3.05, 3.63) is 29.8 Å². The Kier molecular flexibility index (Phi) is 2.83. The van der Waals surface area contributed by atoms with E-state index in [1.165, 1.54) is 36.9 Å². The molecule has 1 aromatic rings. The molecule has 0 radical (unpaired) electrons. The summed E-state index contributed by atoms with van der Waals surface area (Å²) in [6, 6.07) is 9.31. The molecule has 1 saturated carbocycles. The Morgan fingerprint density at radius 2 is 1.94 bits per heavy atom. The summed E-state index contributed by atoms with van der Waals surface area (Å²) in [5.41, 5.74) is 2.71. The van der Waals surface area contributed by atoms with Gasteiger partial charge in [0.15, 0.2) is 0 Å². The van der Waals surface area contributed by atoms with Gasteiger partial charge in [-0.1, -0.05) is 31.0 Å². The minimum absolute atomic E-state index is 0.248. The average molecular weight is 231 g/mol. The first-order valence-corrected chi connectivity index (χ1v) is 6.81. The predicted octanol–water partition coefficient (Wildman–Crippen LogP) is 2.91. The lowest BCUT2D eigenvalue weighted by atomic mass is 9.97. The molecule has 1 aromatic carbocycles. The Morgan fingerprint density at radius 1 is 1.24 bits per heavy atom. The van der Waals surface area contributed by atoms with E-state index in [9.17, 15) is 5.11 Å².